The molecule has 0 saturated heterocycles. The summed E-state index contributed by atoms with van der Waals surface area (Å²) in [6.45, 7) is 1.55. The number of carbonyl (C=O) groups excluding carboxylic acids is 2. The molecule has 4 saturated carbocycles. The maximum absolute atomic E-state index is 12.4. The number of aliphatic carboxylic acids is 1. The number of carboxylic acids is 1. The van der Waals surface area contributed by atoms with Crippen molar-refractivity contribution >= 4 is 17.8 Å². The molecular formula is C17H26N2O5. The van der Waals surface area contributed by atoms with Gasteiger partial charge >= 0.3 is 11.9 Å². The lowest BCUT2D eigenvalue weighted by Gasteiger charge is -2.55. The summed E-state index contributed by atoms with van der Waals surface area (Å²) in [5.74, 6) is -0.254. The molecule has 4 aliphatic carbocycles. The fourth-order valence-electron chi connectivity index (χ4n) is 5.12. The van der Waals surface area contributed by atoms with E-state index in [1.807, 2.05) is 0 Å². The van der Waals surface area contributed by atoms with Crippen molar-refractivity contribution in [2.24, 2.45) is 23.5 Å². The first-order valence-corrected chi connectivity index (χ1v) is 8.77. The van der Waals surface area contributed by atoms with Crippen LogP contribution in [0.2, 0.25) is 0 Å². The van der Waals surface area contributed by atoms with Gasteiger partial charge in [-0.25, -0.2) is 4.79 Å². The number of carbonyl (C=O) groups is 3. The molecule has 134 valence electrons. The highest BCUT2D eigenvalue weighted by Crippen LogP contribution is 2.57. The standard InChI is InChI=1S/C17H26N2O5/c1-9(19-15(22)13(18)5-14(20)21)16(23)24-17-6-10-2-11(7-17)4-12(3-10)8-17/h9-13H,2-8,18H2,1H3,(H,19,22)(H,20,21)/t9-,10?,11?,12?,13+,17?/m0/s1. The monoisotopic (exact) mass is 338 g/mol. The Morgan fingerprint density at radius 3 is 2.12 bits per heavy atom. The van der Waals surface area contributed by atoms with Gasteiger partial charge in [0.1, 0.15) is 11.6 Å². The second kappa shape index (κ2) is 6.35. The number of hydrogen-bond acceptors (Lipinski definition) is 5. The van der Waals surface area contributed by atoms with Gasteiger partial charge in [0.05, 0.1) is 12.5 Å². The average molecular weight is 338 g/mol. The van der Waals surface area contributed by atoms with Gasteiger partial charge in [0, 0.05) is 0 Å². The molecule has 7 nitrogen and oxygen atoms in total. The van der Waals surface area contributed by atoms with E-state index in [4.69, 9.17) is 15.6 Å². The third kappa shape index (κ3) is 3.55. The van der Waals surface area contributed by atoms with Gasteiger partial charge in [-0.05, 0) is 63.2 Å². The van der Waals surface area contributed by atoms with Gasteiger partial charge in [-0.1, -0.05) is 0 Å². The van der Waals surface area contributed by atoms with Crippen molar-refractivity contribution in [2.45, 2.75) is 69.6 Å². The van der Waals surface area contributed by atoms with Gasteiger partial charge in [0.15, 0.2) is 0 Å². The summed E-state index contributed by atoms with van der Waals surface area (Å²) in [5, 5.41) is 11.1. The van der Waals surface area contributed by atoms with Gasteiger partial charge < -0.3 is 20.9 Å². The SMILES string of the molecule is C[C@H](NC(=O)[C@H](N)CC(=O)O)C(=O)OC12CC3CC(CC(C3)C1)C2. The number of hydrogen-bond donors (Lipinski definition) is 3. The number of amides is 1. The van der Waals surface area contributed by atoms with Crippen molar-refractivity contribution in [2.75, 3.05) is 0 Å². The Hall–Kier alpha value is -1.63. The second-order valence-corrected chi connectivity index (χ2v) is 7.96. The van der Waals surface area contributed by atoms with Gasteiger partial charge in [-0.2, -0.15) is 0 Å². The summed E-state index contributed by atoms with van der Waals surface area (Å²) in [6, 6.07) is -2.00. The van der Waals surface area contributed by atoms with Gasteiger partial charge in [0.25, 0.3) is 0 Å². The summed E-state index contributed by atoms with van der Waals surface area (Å²) >= 11 is 0. The summed E-state index contributed by atoms with van der Waals surface area (Å²) in [6.07, 6.45) is 6.10. The fraction of sp³-hybridized carbons (Fsp3) is 0.824. The van der Waals surface area contributed by atoms with E-state index in [1.165, 1.54) is 19.3 Å². The zero-order valence-electron chi connectivity index (χ0n) is 14.0. The molecule has 4 rings (SSSR count). The van der Waals surface area contributed by atoms with Crippen LogP contribution >= 0.6 is 0 Å². The second-order valence-electron chi connectivity index (χ2n) is 7.96. The number of nitrogens with one attached hydrogen (secondary N) is 1. The van der Waals surface area contributed by atoms with Crippen LogP contribution in [0.4, 0.5) is 0 Å². The minimum Gasteiger partial charge on any atom is -0.481 e. The van der Waals surface area contributed by atoms with E-state index in [1.54, 1.807) is 6.92 Å². The van der Waals surface area contributed by atoms with E-state index in [0.717, 1.165) is 19.3 Å². The van der Waals surface area contributed by atoms with Crippen LogP contribution in [-0.4, -0.2) is 40.6 Å². The van der Waals surface area contributed by atoms with Crippen molar-refractivity contribution < 1.29 is 24.2 Å². The van der Waals surface area contributed by atoms with Crippen LogP contribution in [0.15, 0.2) is 0 Å². The number of nitrogens with two attached hydrogens (primary N) is 1. The molecule has 0 aromatic carbocycles. The molecule has 1 amide bonds. The van der Waals surface area contributed by atoms with Crippen molar-refractivity contribution in [3.63, 3.8) is 0 Å². The average Bonchev–Trinajstić information content (AvgIpc) is 2.44. The number of carboxylic acid groups (broad SMARTS) is 1. The normalized spacial score (nSPS) is 36.0. The molecule has 4 aliphatic rings. The largest absolute Gasteiger partial charge is 0.481 e. The van der Waals surface area contributed by atoms with E-state index in [9.17, 15) is 14.4 Å². The lowest BCUT2D eigenvalue weighted by molar-refractivity contribution is -0.188. The number of esters is 1. The lowest BCUT2D eigenvalue weighted by atomic mass is 9.54. The van der Waals surface area contributed by atoms with Gasteiger partial charge in [-0.15, -0.1) is 0 Å². The number of rotatable bonds is 6. The number of ether oxygens (including phenoxy) is 1. The minimum atomic E-state index is -1.17. The van der Waals surface area contributed by atoms with Crippen LogP contribution in [0.3, 0.4) is 0 Å². The van der Waals surface area contributed by atoms with Crippen LogP contribution in [0.1, 0.15) is 51.9 Å². The maximum atomic E-state index is 12.4. The Morgan fingerprint density at radius 1 is 1.17 bits per heavy atom. The third-order valence-corrected chi connectivity index (χ3v) is 5.74. The molecule has 0 spiro atoms. The summed E-state index contributed by atoms with van der Waals surface area (Å²) < 4.78 is 5.86. The van der Waals surface area contributed by atoms with E-state index in [0.29, 0.717) is 17.8 Å². The molecular weight excluding hydrogens is 312 g/mol. The van der Waals surface area contributed by atoms with Crippen molar-refractivity contribution in [3.8, 4) is 0 Å². The van der Waals surface area contributed by atoms with E-state index in [2.05, 4.69) is 5.32 Å². The third-order valence-electron chi connectivity index (χ3n) is 5.74. The first-order chi connectivity index (χ1) is 11.3. The predicted molar refractivity (Wildman–Crippen MR) is 84.8 cm³/mol. The van der Waals surface area contributed by atoms with Crippen LogP contribution in [0.5, 0.6) is 0 Å². The zero-order chi connectivity index (χ0) is 17.5. The molecule has 0 unspecified atom stereocenters. The molecule has 4 bridgehead atoms. The van der Waals surface area contributed by atoms with Gasteiger partial charge in [0.2, 0.25) is 5.91 Å². The molecule has 4 fully saturated rings. The molecule has 4 N–H and O–H groups in total. The Morgan fingerprint density at radius 2 is 1.67 bits per heavy atom. The molecule has 0 heterocycles. The Bertz CT molecular complexity index is 512. The first-order valence-electron chi connectivity index (χ1n) is 8.77. The van der Waals surface area contributed by atoms with Crippen LogP contribution in [-0.2, 0) is 19.1 Å². The fourth-order valence-corrected chi connectivity index (χ4v) is 5.12. The van der Waals surface area contributed by atoms with Crippen LogP contribution in [0, 0.1) is 17.8 Å². The van der Waals surface area contributed by atoms with Crippen LogP contribution < -0.4 is 11.1 Å². The first kappa shape index (κ1) is 17.2. The Balaban J connectivity index is 1.55. The maximum Gasteiger partial charge on any atom is 0.328 e. The highest BCUT2D eigenvalue weighted by Gasteiger charge is 2.53. The zero-order valence-corrected chi connectivity index (χ0v) is 14.0. The Labute approximate surface area is 141 Å². The minimum absolute atomic E-state index is 0.353. The highest BCUT2D eigenvalue weighted by molar-refractivity contribution is 5.89. The Kier molecular flexibility index (Phi) is 4.55. The highest BCUT2D eigenvalue weighted by atomic mass is 16.6. The molecule has 2 atom stereocenters. The molecule has 0 aromatic rings. The quantitative estimate of drug-likeness (QED) is 0.617. The summed E-state index contributed by atoms with van der Waals surface area (Å²) in [5.41, 5.74) is 5.16. The molecule has 0 aromatic heterocycles. The molecule has 0 aliphatic heterocycles. The van der Waals surface area contributed by atoms with E-state index < -0.39 is 36.4 Å². The van der Waals surface area contributed by atoms with Crippen molar-refractivity contribution in [1.82, 2.24) is 5.32 Å². The molecule has 7 heteroatoms. The van der Waals surface area contributed by atoms with Crippen molar-refractivity contribution in [1.29, 1.82) is 0 Å². The summed E-state index contributed by atoms with van der Waals surface area (Å²) in [7, 11) is 0. The van der Waals surface area contributed by atoms with Crippen LogP contribution in [0.25, 0.3) is 0 Å². The molecule has 24 heavy (non-hydrogen) atoms. The van der Waals surface area contributed by atoms with Crippen molar-refractivity contribution in [3.05, 3.63) is 0 Å². The van der Waals surface area contributed by atoms with Gasteiger partial charge in [-0.3, -0.25) is 9.59 Å². The molecule has 0 radical (unpaired) electrons. The predicted octanol–water partition coefficient (Wildman–Crippen LogP) is 0.805. The van der Waals surface area contributed by atoms with E-state index in [-0.39, 0.29) is 5.60 Å². The summed E-state index contributed by atoms with van der Waals surface area (Å²) in [4.78, 5) is 34.9. The smallest absolute Gasteiger partial charge is 0.328 e. The lowest BCUT2D eigenvalue weighted by Crippen LogP contribution is -2.55. The van der Waals surface area contributed by atoms with E-state index >= 15 is 0 Å². The topological polar surface area (TPSA) is 119 Å².